The fourth-order valence-corrected chi connectivity index (χ4v) is 3.70. The lowest BCUT2D eigenvalue weighted by atomic mass is 9.90. The number of benzene rings is 1. The highest BCUT2D eigenvalue weighted by Crippen LogP contribution is 2.24. The van der Waals surface area contributed by atoms with E-state index < -0.39 is 8.07 Å². The molecule has 1 nitrogen and oxygen atoms in total. The second kappa shape index (κ2) is 10.6. The van der Waals surface area contributed by atoms with Crippen molar-refractivity contribution in [3.8, 4) is 0 Å². The molecule has 0 aliphatic carbocycles. The molecular formula is C25H40NSi+. The van der Waals surface area contributed by atoms with Crippen molar-refractivity contribution < 1.29 is 4.58 Å². The zero-order valence-corrected chi connectivity index (χ0v) is 19.7. The van der Waals surface area contributed by atoms with Gasteiger partial charge in [-0.1, -0.05) is 75.1 Å². The lowest BCUT2D eigenvalue weighted by Crippen LogP contribution is -2.29. The predicted molar refractivity (Wildman–Crippen MR) is 126 cm³/mol. The molecule has 27 heavy (non-hydrogen) atoms. The van der Waals surface area contributed by atoms with E-state index in [9.17, 15) is 0 Å². The van der Waals surface area contributed by atoms with Crippen LogP contribution in [0.1, 0.15) is 52.5 Å². The molecule has 0 heterocycles. The first-order valence-electron chi connectivity index (χ1n) is 10.3. The van der Waals surface area contributed by atoms with E-state index in [0.29, 0.717) is 12.0 Å². The Morgan fingerprint density at radius 3 is 2.26 bits per heavy atom. The molecule has 1 aromatic rings. The van der Waals surface area contributed by atoms with Gasteiger partial charge in [0.2, 0.25) is 0 Å². The molecule has 0 fully saturated rings. The number of hydrogen-bond acceptors (Lipinski definition) is 0. The average molecular weight is 383 g/mol. The van der Waals surface area contributed by atoms with Crippen molar-refractivity contribution in [2.24, 2.45) is 5.92 Å². The summed E-state index contributed by atoms with van der Waals surface area (Å²) < 4.78 is 2.19. The quantitative estimate of drug-likeness (QED) is 0.172. The van der Waals surface area contributed by atoms with Crippen LogP contribution in [0.4, 0.5) is 0 Å². The van der Waals surface area contributed by atoms with Crippen LogP contribution >= 0.6 is 0 Å². The maximum atomic E-state index is 4.32. The lowest BCUT2D eigenvalue weighted by molar-refractivity contribution is -0.498. The molecule has 0 N–H and O–H groups in total. The van der Waals surface area contributed by atoms with E-state index in [2.05, 4.69) is 108 Å². The molecule has 0 aromatic heterocycles. The average Bonchev–Trinajstić information content (AvgIpc) is 2.61. The second-order valence-electron chi connectivity index (χ2n) is 8.88. The second-order valence-corrected chi connectivity index (χ2v) is 14.2. The minimum atomic E-state index is -1.24. The third kappa shape index (κ3) is 7.84. The van der Waals surface area contributed by atoms with Crippen LogP contribution in [-0.2, 0) is 0 Å². The summed E-state index contributed by atoms with van der Waals surface area (Å²) in [7, 11) is -1.24. The Hall–Kier alpha value is -1.67. The summed E-state index contributed by atoms with van der Waals surface area (Å²) in [5.41, 5.74) is 3.77. The predicted octanol–water partition coefficient (Wildman–Crippen LogP) is 7.34. The largest absolute Gasteiger partial charge is 0.209 e. The summed E-state index contributed by atoms with van der Waals surface area (Å²) in [4.78, 5) is 0. The normalized spacial score (nSPS) is 15.4. The van der Waals surface area contributed by atoms with Crippen molar-refractivity contribution >= 4 is 20.4 Å². The minimum Gasteiger partial charge on any atom is -0.209 e. The van der Waals surface area contributed by atoms with Crippen molar-refractivity contribution in [2.75, 3.05) is 0 Å². The molecule has 0 bridgehead atoms. The van der Waals surface area contributed by atoms with Crippen LogP contribution in [0.5, 0.6) is 0 Å². The molecule has 0 saturated carbocycles. The van der Waals surface area contributed by atoms with E-state index in [1.54, 1.807) is 0 Å². The standard InChI is InChI=1S/C25H40NSi/c1-10-24(23(5)26(6)19-22(4)27(7,8)9)17-16-20(2)18-21(3)25-14-12-11-13-15-25/h11-15,18-19,23-24H,2,6,10,16-17H2,1,3-5,7-9H3/q+1/b21-18+,22-19+. The highest BCUT2D eigenvalue weighted by atomic mass is 28.3. The summed E-state index contributed by atoms with van der Waals surface area (Å²) in [6, 6.07) is 11.0. The number of rotatable bonds is 10. The Kier molecular flexibility index (Phi) is 9.18. The third-order valence-electron chi connectivity index (χ3n) is 5.76. The molecule has 1 rings (SSSR count). The fraction of sp³-hybridized carbons (Fsp3) is 0.480. The molecule has 1 aromatic carbocycles. The first-order valence-corrected chi connectivity index (χ1v) is 13.8. The molecule has 0 aliphatic rings. The van der Waals surface area contributed by atoms with E-state index in [-0.39, 0.29) is 0 Å². The fourth-order valence-electron chi connectivity index (χ4n) is 3.15. The van der Waals surface area contributed by atoms with Gasteiger partial charge in [0, 0.05) is 5.92 Å². The molecule has 2 unspecified atom stereocenters. The monoisotopic (exact) mass is 382 g/mol. The van der Waals surface area contributed by atoms with Crippen LogP contribution < -0.4 is 0 Å². The Balaban J connectivity index is 2.70. The van der Waals surface area contributed by atoms with Gasteiger partial charge in [-0.15, -0.1) is 0 Å². The van der Waals surface area contributed by atoms with E-state index in [0.717, 1.165) is 12.8 Å². The van der Waals surface area contributed by atoms with E-state index >= 15 is 0 Å². The molecule has 2 atom stereocenters. The maximum absolute atomic E-state index is 4.32. The number of nitrogens with zero attached hydrogens (tertiary/aromatic N) is 1. The van der Waals surface area contributed by atoms with Crippen LogP contribution in [0.2, 0.25) is 19.6 Å². The SMILES string of the molecule is C=C(/C=C(\C)c1ccccc1)CCC(CC)C(C)[N+](=C)/C=C(\C)[Si](C)(C)C. The van der Waals surface area contributed by atoms with Gasteiger partial charge in [0.1, 0.15) is 6.72 Å². The molecule has 2 heteroatoms. The first-order chi connectivity index (χ1) is 12.6. The molecule has 0 radical (unpaired) electrons. The maximum Gasteiger partial charge on any atom is 0.163 e. The van der Waals surface area contributed by atoms with E-state index in [4.69, 9.17) is 0 Å². The van der Waals surface area contributed by atoms with Crippen molar-refractivity contribution in [3.05, 3.63) is 65.5 Å². The van der Waals surface area contributed by atoms with Gasteiger partial charge in [-0.25, -0.2) is 4.58 Å². The van der Waals surface area contributed by atoms with Crippen LogP contribution in [0.15, 0.2) is 60.0 Å². The number of allylic oxidation sites excluding steroid dienone is 4. The Bertz CT molecular complexity index is 689. The van der Waals surface area contributed by atoms with Crippen LogP contribution in [0.3, 0.4) is 0 Å². The summed E-state index contributed by atoms with van der Waals surface area (Å²) in [5, 5.41) is 1.50. The van der Waals surface area contributed by atoms with Crippen molar-refractivity contribution in [1.29, 1.82) is 0 Å². The van der Waals surface area contributed by atoms with Gasteiger partial charge >= 0.3 is 0 Å². The van der Waals surface area contributed by atoms with Crippen molar-refractivity contribution in [3.63, 3.8) is 0 Å². The Morgan fingerprint density at radius 2 is 1.74 bits per heavy atom. The molecular weight excluding hydrogens is 342 g/mol. The summed E-state index contributed by atoms with van der Waals surface area (Å²) in [6.45, 7) is 24.8. The van der Waals surface area contributed by atoms with Crippen molar-refractivity contribution in [2.45, 2.75) is 72.6 Å². The highest BCUT2D eigenvalue weighted by molar-refractivity contribution is 6.82. The van der Waals surface area contributed by atoms with E-state index in [1.165, 1.54) is 28.3 Å². The summed E-state index contributed by atoms with van der Waals surface area (Å²) >= 11 is 0. The highest BCUT2D eigenvalue weighted by Gasteiger charge is 2.25. The van der Waals surface area contributed by atoms with E-state index in [1.807, 2.05) is 0 Å². The lowest BCUT2D eigenvalue weighted by Gasteiger charge is -2.21. The zero-order valence-electron chi connectivity index (χ0n) is 18.7. The van der Waals surface area contributed by atoms with Gasteiger partial charge in [0.25, 0.3) is 0 Å². The van der Waals surface area contributed by atoms with Gasteiger partial charge in [0.15, 0.2) is 12.2 Å². The Labute approximate surface area is 169 Å². The van der Waals surface area contributed by atoms with Gasteiger partial charge in [-0.2, -0.15) is 0 Å². The molecule has 0 aliphatic heterocycles. The van der Waals surface area contributed by atoms with Crippen LogP contribution in [0, 0.1) is 5.92 Å². The molecule has 0 spiro atoms. The van der Waals surface area contributed by atoms with Gasteiger partial charge in [0.05, 0.1) is 8.07 Å². The topological polar surface area (TPSA) is 3.01 Å². The van der Waals surface area contributed by atoms with Crippen molar-refractivity contribution in [1.82, 2.24) is 0 Å². The molecule has 0 saturated heterocycles. The molecule has 148 valence electrons. The first kappa shape index (κ1) is 23.4. The van der Waals surface area contributed by atoms with Crippen LogP contribution in [0.25, 0.3) is 5.57 Å². The van der Waals surface area contributed by atoms with Gasteiger partial charge in [-0.05, 0) is 56.4 Å². The number of hydrogen-bond donors (Lipinski definition) is 0. The Morgan fingerprint density at radius 1 is 1.15 bits per heavy atom. The van der Waals surface area contributed by atoms with Crippen LogP contribution in [-0.4, -0.2) is 25.4 Å². The summed E-state index contributed by atoms with van der Waals surface area (Å²) in [6.07, 6.45) is 7.89. The van der Waals surface area contributed by atoms with Gasteiger partial charge in [-0.3, -0.25) is 0 Å². The summed E-state index contributed by atoms with van der Waals surface area (Å²) in [5.74, 6) is 0.621. The third-order valence-corrected chi connectivity index (χ3v) is 8.25. The van der Waals surface area contributed by atoms with Gasteiger partial charge < -0.3 is 0 Å². The molecule has 0 amide bonds. The minimum absolute atomic E-state index is 0.438. The zero-order chi connectivity index (χ0) is 20.6. The smallest absolute Gasteiger partial charge is 0.163 e.